The first-order valence-corrected chi connectivity index (χ1v) is 9.04. The Balaban J connectivity index is 1.48. The molecule has 3 aromatic rings. The number of nitrogens with one attached hydrogen (secondary N) is 1. The molecule has 4 rings (SSSR count). The second-order valence-electron chi connectivity index (χ2n) is 6.51. The van der Waals surface area contributed by atoms with Crippen molar-refractivity contribution in [1.82, 2.24) is 25.1 Å². The number of H-pyrrole nitrogens is 1. The van der Waals surface area contributed by atoms with Gasteiger partial charge in [0.1, 0.15) is 12.1 Å². The van der Waals surface area contributed by atoms with Gasteiger partial charge >= 0.3 is 0 Å². The number of anilines is 1. The maximum Gasteiger partial charge on any atom is 0.257 e. The average molecular weight is 350 g/mol. The van der Waals surface area contributed by atoms with E-state index in [1.54, 1.807) is 12.5 Å². The van der Waals surface area contributed by atoms with Crippen LogP contribution in [0.2, 0.25) is 0 Å². The fourth-order valence-electron chi connectivity index (χ4n) is 3.47. The molecule has 0 bridgehead atoms. The summed E-state index contributed by atoms with van der Waals surface area (Å²) in [5.41, 5.74) is 2.58. The predicted octanol–water partition coefficient (Wildman–Crippen LogP) is 2.27. The number of piperazine rings is 1. The highest BCUT2D eigenvalue weighted by Gasteiger charge is 2.25. The lowest BCUT2D eigenvalue weighted by Gasteiger charge is -2.35. The van der Waals surface area contributed by atoms with Gasteiger partial charge in [0, 0.05) is 37.3 Å². The van der Waals surface area contributed by atoms with Gasteiger partial charge in [-0.15, -0.1) is 0 Å². The lowest BCUT2D eigenvalue weighted by molar-refractivity contribution is 0.0745. The van der Waals surface area contributed by atoms with Crippen LogP contribution in [-0.2, 0) is 6.42 Å². The van der Waals surface area contributed by atoms with Crippen LogP contribution < -0.4 is 4.90 Å². The molecule has 0 saturated carbocycles. The molecule has 0 spiro atoms. The number of nitrogens with zero attached hydrogens (tertiary/aromatic N) is 5. The van der Waals surface area contributed by atoms with Crippen LogP contribution in [0.4, 0.5) is 5.82 Å². The molecule has 2 aromatic heterocycles. The monoisotopic (exact) mass is 350 g/mol. The van der Waals surface area contributed by atoms with Crippen molar-refractivity contribution in [1.29, 1.82) is 0 Å². The predicted molar refractivity (Wildman–Crippen MR) is 100 cm³/mol. The Morgan fingerprint density at radius 3 is 2.77 bits per heavy atom. The first-order valence-electron chi connectivity index (χ1n) is 9.04. The third kappa shape index (κ3) is 3.00. The number of hydrogen-bond donors (Lipinski definition) is 1. The number of aryl methyl sites for hydroxylation is 1. The zero-order valence-corrected chi connectivity index (χ0v) is 14.9. The van der Waals surface area contributed by atoms with E-state index in [9.17, 15) is 4.79 Å². The van der Waals surface area contributed by atoms with Gasteiger partial charge in [0.15, 0.2) is 0 Å². The van der Waals surface area contributed by atoms with Crippen LogP contribution >= 0.6 is 0 Å². The molecule has 1 aliphatic rings. The lowest BCUT2D eigenvalue weighted by Crippen LogP contribution is -2.49. The largest absolute Gasteiger partial charge is 0.352 e. The van der Waals surface area contributed by atoms with E-state index in [0.29, 0.717) is 18.7 Å². The molecule has 0 aliphatic carbocycles. The first kappa shape index (κ1) is 16.5. The summed E-state index contributed by atoms with van der Waals surface area (Å²) in [5.74, 6) is 1.01. The van der Waals surface area contributed by atoms with Crippen LogP contribution in [0, 0.1) is 0 Å². The zero-order chi connectivity index (χ0) is 17.9. The molecule has 1 N–H and O–H groups in total. The molecular weight excluding hydrogens is 328 g/mol. The van der Waals surface area contributed by atoms with Crippen LogP contribution in [0.15, 0.2) is 36.8 Å². The van der Waals surface area contributed by atoms with Crippen LogP contribution in [0.5, 0.6) is 0 Å². The number of fused-ring (bicyclic) bond motifs is 1. The van der Waals surface area contributed by atoms with Crippen LogP contribution in [-0.4, -0.2) is 57.2 Å². The van der Waals surface area contributed by atoms with Gasteiger partial charge in [-0.05, 0) is 18.6 Å². The van der Waals surface area contributed by atoms with Crippen molar-refractivity contribution in [2.75, 3.05) is 31.1 Å². The Kier molecular flexibility index (Phi) is 4.51. The molecule has 1 fully saturated rings. The quantitative estimate of drug-likeness (QED) is 0.781. The third-order valence-corrected chi connectivity index (χ3v) is 4.84. The molecule has 1 aromatic carbocycles. The van der Waals surface area contributed by atoms with Crippen molar-refractivity contribution >= 4 is 22.6 Å². The number of hydrogen-bond acceptors (Lipinski definition) is 5. The SMILES string of the molecule is CCCc1[nH]ncc1C(=O)N1CCN(c2ncnc3ccccc23)CC1. The van der Waals surface area contributed by atoms with Gasteiger partial charge in [-0.2, -0.15) is 5.10 Å². The van der Waals surface area contributed by atoms with Crippen molar-refractivity contribution in [3.05, 3.63) is 48.0 Å². The Bertz CT molecular complexity index is 908. The third-order valence-electron chi connectivity index (χ3n) is 4.84. The molecule has 7 nitrogen and oxygen atoms in total. The number of para-hydroxylation sites is 1. The van der Waals surface area contributed by atoms with E-state index in [1.165, 1.54) is 0 Å². The smallest absolute Gasteiger partial charge is 0.257 e. The molecule has 0 unspecified atom stereocenters. The molecule has 0 radical (unpaired) electrons. The van der Waals surface area contributed by atoms with E-state index < -0.39 is 0 Å². The van der Waals surface area contributed by atoms with Crippen molar-refractivity contribution in [2.24, 2.45) is 0 Å². The highest BCUT2D eigenvalue weighted by Crippen LogP contribution is 2.24. The highest BCUT2D eigenvalue weighted by molar-refractivity contribution is 5.95. The summed E-state index contributed by atoms with van der Waals surface area (Å²) >= 11 is 0. The second-order valence-corrected chi connectivity index (χ2v) is 6.51. The summed E-state index contributed by atoms with van der Waals surface area (Å²) in [6.07, 6.45) is 5.08. The molecule has 1 aliphatic heterocycles. The fourth-order valence-corrected chi connectivity index (χ4v) is 3.47. The lowest BCUT2D eigenvalue weighted by atomic mass is 10.1. The molecule has 134 valence electrons. The molecule has 1 saturated heterocycles. The van der Waals surface area contributed by atoms with Crippen molar-refractivity contribution < 1.29 is 4.79 Å². The number of benzene rings is 1. The Morgan fingerprint density at radius 2 is 1.96 bits per heavy atom. The molecule has 3 heterocycles. The summed E-state index contributed by atoms with van der Waals surface area (Å²) in [7, 11) is 0. The summed E-state index contributed by atoms with van der Waals surface area (Å²) in [6.45, 7) is 4.96. The summed E-state index contributed by atoms with van der Waals surface area (Å²) < 4.78 is 0. The Morgan fingerprint density at radius 1 is 1.15 bits per heavy atom. The standard InChI is InChI=1S/C19H22N6O/c1-2-5-17-15(12-22-23-17)19(26)25-10-8-24(9-11-25)18-14-6-3-4-7-16(14)20-13-21-18/h3-4,6-7,12-13H,2,5,8-11H2,1H3,(H,22,23). The van der Waals surface area contributed by atoms with E-state index in [-0.39, 0.29) is 5.91 Å². The van der Waals surface area contributed by atoms with Gasteiger partial charge in [-0.25, -0.2) is 9.97 Å². The summed E-state index contributed by atoms with van der Waals surface area (Å²) in [4.78, 5) is 25.8. The van der Waals surface area contributed by atoms with Crippen molar-refractivity contribution in [2.45, 2.75) is 19.8 Å². The molecule has 0 atom stereocenters. The number of aromatic amines is 1. The minimum atomic E-state index is 0.0643. The van der Waals surface area contributed by atoms with E-state index in [2.05, 4.69) is 32.0 Å². The number of carbonyl (C=O) groups excluding carboxylic acids is 1. The van der Waals surface area contributed by atoms with E-state index >= 15 is 0 Å². The minimum absolute atomic E-state index is 0.0643. The fraction of sp³-hybridized carbons (Fsp3) is 0.368. The van der Waals surface area contributed by atoms with E-state index in [4.69, 9.17) is 0 Å². The summed E-state index contributed by atoms with van der Waals surface area (Å²) in [6, 6.07) is 8.02. The van der Waals surface area contributed by atoms with Crippen molar-refractivity contribution in [3.8, 4) is 0 Å². The molecule has 1 amide bonds. The van der Waals surface area contributed by atoms with Gasteiger partial charge in [-0.3, -0.25) is 9.89 Å². The normalized spacial score (nSPS) is 14.8. The Labute approximate surface area is 152 Å². The maximum atomic E-state index is 12.8. The molecule has 7 heteroatoms. The van der Waals surface area contributed by atoms with E-state index in [0.717, 1.165) is 48.3 Å². The highest BCUT2D eigenvalue weighted by atomic mass is 16.2. The zero-order valence-electron chi connectivity index (χ0n) is 14.9. The van der Waals surface area contributed by atoms with Crippen LogP contribution in [0.25, 0.3) is 10.9 Å². The molecule has 26 heavy (non-hydrogen) atoms. The minimum Gasteiger partial charge on any atom is -0.352 e. The van der Waals surface area contributed by atoms with Gasteiger partial charge in [-0.1, -0.05) is 25.5 Å². The number of rotatable bonds is 4. The molecular formula is C19H22N6O. The van der Waals surface area contributed by atoms with Crippen LogP contribution in [0.3, 0.4) is 0 Å². The van der Waals surface area contributed by atoms with Gasteiger partial charge < -0.3 is 9.80 Å². The first-order chi connectivity index (χ1) is 12.8. The Hall–Kier alpha value is -2.96. The number of carbonyl (C=O) groups is 1. The summed E-state index contributed by atoms with van der Waals surface area (Å²) in [5, 5.41) is 8.06. The van der Waals surface area contributed by atoms with E-state index in [1.807, 2.05) is 29.2 Å². The number of aromatic nitrogens is 4. The topological polar surface area (TPSA) is 78.0 Å². The second kappa shape index (κ2) is 7.11. The average Bonchev–Trinajstić information content (AvgIpc) is 3.16. The van der Waals surface area contributed by atoms with Crippen molar-refractivity contribution in [3.63, 3.8) is 0 Å². The van der Waals surface area contributed by atoms with Gasteiger partial charge in [0.05, 0.1) is 17.3 Å². The number of amides is 1. The van der Waals surface area contributed by atoms with Gasteiger partial charge in [0.2, 0.25) is 0 Å². The van der Waals surface area contributed by atoms with Crippen LogP contribution in [0.1, 0.15) is 29.4 Å². The van der Waals surface area contributed by atoms with Gasteiger partial charge in [0.25, 0.3) is 5.91 Å². The maximum absolute atomic E-state index is 12.8.